The second kappa shape index (κ2) is 3.46. The highest BCUT2D eigenvalue weighted by Crippen LogP contribution is 2.63. The van der Waals surface area contributed by atoms with Crippen molar-refractivity contribution in [3.8, 4) is 0 Å². The summed E-state index contributed by atoms with van der Waals surface area (Å²) in [6.07, 6.45) is 1.24. The minimum atomic E-state index is -1.20. The quantitative estimate of drug-likeness (QED) is 0.825. The number of fused-ring (bicyclic) bond motifs is 1. The Balaban J connectivity index is 1.83. The number of nitrogens with zero attached hydrogens (tertiary/aromatic N) is 1. The van der Waals surface area contributed by atoms with Gasteiger partial charge in [-0.2, -0.15) is 0 Å². The Bertz CT molecular complexity index is 576. The van der Waals surface area contributed by atoms with E-state index in [9.17, 15) is 14.4 Å². The van der Waals surface area contributed by atoms with E-state index >= 15 is 0 Å². The van der Waals surface area contributed by atoms with E-state index in [1.54, 1.807) is 0 Å². The number of carbonyl (C=O) groups is 3. The molecule has 0 aromatic carbocycles. The number of carbonyl (C=O) groups excluding carboxylic acids is 2. The Labute approximate surface area is 109 Å². The minimum absolute atomic E-state index is 0.0289. The molecule has 2 unspecified atom stereocenters. The van der Waals surface area contributed by atoms with E-state index in [4.69, 9.17) is 9.52 Å². The van der Waals surface area contributed by atoms with Gasteiger partial charge in [0.15, 0.2) is 0 Å². The van der Waals surface area contributed by atoms with Crippen LogP contribution in [0.4, 0.5) is 0 Å². The molecule has 19 heavy (non-hydrogen) atoms. The molecule has 1 aromatic heterocycles. The molecule has 2 amide bonds. The van der Waals surface area contributed by atoms with Gasteiger partial charge in [0, 0.05) is 5.56 Å². The Morgan fingerprint density at radius 3 is 2.47 bits per heavy atom. The van der Waals surface area contributed by atoms with Crippen LogP contribution in [0.3, 0.4) is 0 Å². The highest BCUT2D eigenvalue weighted by molar-refractivity contribution is 6.10. The average molecular weight is 263 g/mol. The number of hydrogen-bond donors (Lipinski definition) is 1. The van der Waals surface area contributed by atoms with E-state index in [2.05, 4.69) is 0 Å². The molecule has 100 valence electrons. The first kappa shape index (κ1) is 12.0. The first-order valence-electron chi connectivity index (χ1n) is 6.00. The number of rotatable bonds is 3. The second-order valence-corrected chi connectivity index (χ2v) is 5.62. The summed E-state index contributed by atoms with van der Waals surface area (Å²) in [6.45, 7) is 3.77. The maximum atomic E-state index is 12.1. The molecule has 2 aliphatic rings. The number of likely N-dealkylation sites (tertiary alicyclic amines) is 1. The number of carboxylic acids is 1. The summed E-state index contributed by atoms with van der Waals surface area (Å²) in [5, 5.41) is 8.92. The zero-order valence-electron chi connectivity index (χ0n) is 10.5. The van der Waals surface area contributed by atoms with Crippen LogP contribution in [0.1, 0.15) is 30.0 Å². The topological polar surface area (TPSA) is 87.8 Å². The molecule has 1 saturated carbocycles. The molecule has 6 nitrogen and oxygen atoms in total. The Hall–Kier alpha value is -2.11. The van der Waals surface area contributed by atoms with Crippen molar-refractivity contribution in [2.24, 2.45) is 17.3 Å². The lowest BCUT2D eigenvalue weighted by Crippen LogP contribution is -2.35. The van der Waals surface area contributed by atoms with Gasteiger partial charge < -0.3 is 9.52 Å². The summed E-state index contributed by atoms with van der Waals surface area (Å²) in [4.78, 5) is 36.3. The molecule has 1 aromatic rings. The lowest BCUT2D eigenvalue weighted by molar-refractivity contribution is -0.143. The largest absolute Gasteiger partial charge is 0.475 e. The van der Waals surface area contributed by atoms with Crippen LogP contribution in [0.5, 0.6) is 0 Å². The molecule has 3 rings (SSSR count). The van der Waals surface area contributed by atoms with E-state index in [0.29, 0.717) is 5.56 Å². The number of aromatic carboxylic acids is 1. The fourth-order valence-corrected chi connectivity index (χ4v) is 2.98. The van der Waals surface area contributed by atoms with Gasteiger partial charge in [0.2, 0.25) is 17.6 Å². The lowest BCUT2D eigenvalue weighted by Gasteiger charge is -2.19. The predicted octanol–water partition coefficient (Wildman–Crippen LogP) is 1.12. The zero-order valence-corrected chi connectivity index (χ0v) is 10.5. The van der Waals surface area contributed by atoms with E-state index in [-0.39, 0.29) is 41.4 Å². The van der Waals surface area contributed by atoms with Gasteiger partial charge in [-0.25, -0.2) is 4.79 Å². The van der Waals surface area contributed by atoms with E-state index < -0.39 is 5.97 Å². The number of piperidine rings is 1. The summed E-state index contributed by atoms with van der Waals surface area (Å²) in [7, 11) is 0. The fraction of sp³-hybridized carbons (Fsp3) is 0.462. The maximum Gasteiger partial charge on any atom is 0.372 e. The van der Waals surface area contributed by atoms with Crippen molar-refractivity contribution in [3.05, 3.63) is 23.7 Å². The molecule has 2 heterocycles. The number of carboxylic acid groups (broad SMARTS) is 1. The van der Waals surface area contributed by atoms with E-state index in [1.165, 1.54) is 12.3 Å². The third kappa shape index (κ3) is 1.46. The molecule has 1 aliphatic heterocycles. The summed E-state index contributed by atoms with van der Waals surface area (Å²) >= 11 is 0. The van der Waals surface area contributed by atoms with E-state index in [1.807, 2.05) is 13.8 Å². The number of furan rings is 1. The molecule has 0 radical (unpaired) electrons. The van der Waals surface area contributed by atoms with Crippen molar-refractivity contribution >= 4 is 17.8 Å². The molecular formula is C13H13NO5. The molecule has 1 N–H and O–H groups in total. The van der Waals surface area contributed by atoms with Crippen molar-refractivity contribution in [3.63, 3.8) is 0 Å². The lowest BCUT2D eigenvalue weighted by atomic mass is 10.1. The van der Waals surface area contributed by atoms with Crippen molar-refractivity contribution < 1.29 is 23.9 Å². The van der Waals surface area contributed by atoms with Crippen LogP contribution < -0.4 is 0 Å². The Kier molecular flexibility index (Phi) is 2.18. The van der Waals surface area contributed by atoms with Gasteiger partial charge in [-0.15, -0.1) is 0 Å². The Morgan fingerprint density at radius 1 is 1.37 bits per heavy atom. The van der Waals surface area contributed by atoms with Gasteiger partial charge in [0.05, 0.1) is 24.6 Å². The van der Waals surface area contributed by atoms with Gasteiger partial charge in [-0.05, 0) is 11.5 Å². The van der Waals surface area contributed by atoms with Gasteiger partial charge in [-0.1, -0.05) is 13.8 Å². The van der Waals surface area contributed by atoms with E-state index in [0.717, 1.165) is 4.90 Å². The molecule has 0 spiro atoms. The van der Waals surface area contributed by atoms with Crippen LogP contribution in [-0.2, 0) is 16.1 Å². The minimum Gasteiger partial charge on any atom is -0.475 e. The third-order valence-corrected chi connectivity index (χ3v) is 4.16. The van der Waals surface area contributed by atoms with Crippen LogP contribution in [0.25, 0.3) is 0 Å². The first-order chi connectivity index (χ1) is 8.85. The van der Waals surface area contributed by atoms with Crippen LogP contribution in [-0.4, -0.2) is 27.8 Å². The SMILES string of the molecule is CC1(C)C2C(=O)N(Cc3ccoc3C(=O)O)C(=O)C21. The smallest absolute Gasteiger partial charge is 0.372 e. The molecule has 2 fully saturated rings. The highest BCUT2D eigenvalue weighted by Gasteiger charge is 2.72. The molecule has 0 bridgehead atoms. The van der Waals surface area contributed by atoms with Crippen LogP contribution in [0, 0.1) is 17.3 Å². The van der Waals surface area contributed by atoms with Crippen LogP contribution >= 0.6 is 0 Å². The summed E-state index contributed by atoms with van der Waals surface area (Å²) in [5.41, 5.74) is 0.0877. The normalized spacial score (nSPS) is 27.6. The summed E-state index contributed by atoms with van der Waals surface area (Å²) in [6, 6.07) is 1.47. The molecule has 2 atom stereocenters. The third-order valence-electron chi connectivity index (χ3n) is 4.16. The van der Waals surface area contributed by atoms with Gasteiger partial charge in [0.25, 0.3) is 0 Å². The number of imide groups is 1. The fourth-order valence-electron chi connectivity index (χ4n) is 2.98. The Morgan fingerprint density at radius 2 is 1.95 bits per heavy atom. The van der Waals surface area contributed by atoms with Crippen molar-refractivity contribution in [2.45, 2.75) is 20.4 Å². The molecular weight excluding hydrogens is 250 g/mol. The van der Waals surface area contributed by atoms with Gasteiger partial charge in [0.1, 0.15) is 0 Å². The van der Waals surface area contributed by atoms with Crippen LogP contribution in [0.15, 0.2) is 16.7 Å². The second-order valence-electron chi connectivity index (χ2n) is 5.62. The maximum absolute atomic E-state index is 12.1. The predicted molar refractivity (Wildman–Crippen MR) is 62.0 cm³/mol. The number of hydrogen-bond acceptors (Lipinski definition) is 4. The summed E-state index contributed by atoms with van der Waals surface area (Å²) < 4.78 is 4.84. The van der Waals surface area contributed by atoms with Gasteiger partial charge >= 0.3 is 5.97 Å². The summed E-state index contributed by atoms with van der Waals surface area (Å²) in [5.74, 6) is -2.35. The first-order valence-corrected chi connectivity index (χ1v) is 6.00. The molecule has 1 aliphatic carbocycles. The van der Waals surface area contributed by atoms with Gasteiger partial charge in [-0.3, -0.25) is 14.5 Å². The zero-order chi connectivity index (χ0) is 13.9. The van der Waals surface area contributed by atoms with Crippen molar-refractivity contribution in [2.75, 3.05) is 0 Å². The molecule has 6 heteroatoms. The van der Waals surface area contributed by atoms with Crippen molar-refractivity contribution in [1.82, 2.24) is 4.90 Å². The number of amides is 2. The monoisotopic (exact) mass is 263 g/mol. The van der Waals surface area contributed by atoms with Crippen molar-refractivity contribution in [1.29, 1.82) is 0 Å². The standard InChI is InChI=1S/C13H13NO5/c1-13(2)7-8(13)11(16)14(10(7)15)5-6-3-4-19-9(6)12(17)18/h3-4,7-8H,5H2,1-2H3,(H,17,18). The van der Waals surface area contributed by atoms with Crippen LogP contribution in [0.2, 0.25) is 0 Å². The molecule has 1 saturated heterocycles. The highest BCUT2D eigenvalue weighted by atomic mass is 16.4. The average Bonchev–Trinajstić information content (AvgIpc) is 2.65.